The Bertz CT molecular complexity index is 193. The minimum Gasteiger partial charge on any atom is -0.292 e. The molecule has 0 amide bonds. The van der Waals surface area contributed by atoms with Gasteiger partial charge in [-0.2, -0.15) is 0 Å². The van der Waals surface area contributed by atoms with Crippen LogP contribution in [0.5, 0.6) is 0 Å². The van der Waals surface area contributed by atoms with Gasteiger partial charge in [-0.15, -0.1) is 0 Å². The summed E-state index contributed by atoms with van der Waals surface area (Å²) < 4.78 is 0. The molecule has 1 heteroatoms. The summed E-state index contributed by atoms with van der Waals surface area (Å²) in [7, 11) is 0. The molecule has 3 rings (SSSR count). The Morgan fingerprint density at radius 1 is 1.23 bits per heavy atom. The molecule has 2 heterocycles. The maximum atomic E-state index is 2.79. The highest BCUT2D eigenvalue weighted by atomic mass is 15.3. The summed E-state index contributed by atoms with van der Waals surface area (Å²) in [6.45, 7) is 9.51. The smallest absolute Gasteiger partial charge is 0.0253 e. The van der Waals surface area contributed by atoms with Crippen LogP contribution in [0.25, 0.3) is 0 Å². The van der Waals surface area contributed by atoms with Gasteiger partial charge in [0.05, 0.1) is 0 Å². The molecule has 2 atom stereocenters. The molecule has 2 bridgehead atoms. The van der Waals surface area contributed by atoms with Crippen molar-refractivity contribution in [2.75, 3.05) is 0 Å². The standard InChI is InChI=1S/C12H23N/c1-9(2)12-7-5-6-11(8-12)13(12)10(3)4/h9-11H,5-8H2,1-4H3. The summed E-state index contributed by atoms with van der Waals surface area (Å²) in [5.41, 5.74) is 0.594. The lowest BCUT2D eigenvalue weighted by atomic mass is 9.62. The number of hydrogen-bond acceptors (Lipinski definition) is 1. The third-order valence-electron chi connectivity index (χ3n) is 4.27. The van der Waals surface area contributed by atoms with E-state index in [2.05, 4.69) is 32.6 Å². The number of piperidine rings is 1. The van der Waals surface area contributed by atoms with Gasteiger partial charge in [-0.25, -0.2) is 0 Å². The van der Waals surface area contributed by atoms with E-state index in [9.17, 15) is 0 Å². The maximum Gasteiger partial charge on any atom is 0.0253 e. The van der Waals surface area contributed by atoms with E-state index in [1.807, 2.05) is 0 Å². The number of nitrogens with zero attached hydrogens (tertiary/aromatic N) is 1. The molecule has 1 aliphatic carbocycles. The van der Waals surface area contributed by atoms with Gasteiger partial charge in [0.1, 0.15) is 0 Å². The zero-order valence-electron chi connectivity index (χ0n) is 9.51. The van der Waals surface area contributed by atoms with Crippen molar-refractivity contribution in [3.05, 3.63) is 0 Å². The molecule has 0 aromatic heterocycles. The Labute approximate surface area is 82.5 Å². The van der Waals surface area contributed by atoms with E-state index in [-0.39, 0.29) is 0 Å². The first-order valence-electron chi connectivity index (χ1n) is 5.86. The molecule has 2 saturated heterocycles. The van der Waals surface area contributed by atoms with Crippen LogP contribution in [0.4, 0.5) is 0 Å². The van der Waals surface area contributed by atoms with E-state index in [1.54, 1.807) is 0 Å². The zero-order chi connectivity index (χ0) is 9.64. The molecule has 2 unspecified atom stereocenters. The minimum absolute atomic E-state index is 0.594. The second kappa shape index (κ2) is 2.98. The summed E-state index contributed by atoms with van der Waals surface area (Å²) in [5.74, 6) is 0.839. The van der Waals surface area contributed by atoms with E-state index in [1.165, 1.54) is 25.7 Å². The van der Waals surface area contributed by atoms with Crippen molar-refractivity contribution in [2.45, 2.75) is 71.0 Å². The van der Waals surface area contributed by atoms with E-state index in [4.69, 9.17) is 0 Å². The summed E-state index contributed by atoms with van der Waals surface area (Å²) >= 11 is 0. The van der Waals surface area contributed by atoms with Crippen LogP contribution in [-0.4, -0.2) is 22.5 Å². The molecule has 0 aromatic carbocycles. The van der Waals surface area contributed by atoms with Crippen molar-refractivity contribution in [1.29, 1.82) is 0 Å². The summed E-state index contributed by atoms with van der Waals surface area (Å²) in [5, 5.41) is 0. The van der Waals surface area contributed by atoms with Gasteiger partial charge in [0, 0.05) is 17.6 Å². The first-order valence-corrected chi connectivity index (χ1v) is 5.86. The first-order chi connectivity index (χ1) is 6.08. The highest BCUT2D eigenvalue weighted by Gasteiger charge is 2.55. The van der Waals surface area contributed by atoms with E-state index in [0.717, 1.165) is 18.0 Å². The molecule has 0 spiro atoms. The lowest BCUT2D eigenvalue weighted by molar-refractivity contribution is -0.156. The number of hydrogen-bond donors (Lipinski definition) is 0. The van der Waals surface area contributed by atoms with Gasteiger partial charge >= 0.3 is 0 Å². The Balaban J connectivity index is 2.17. The van der Waals surface area contributed by atoms with Gasteiger partial charge in [0.15, 0.2) is 0 Å². The molecule has 1 nitrogen and oxygen atoms in total. The lowest BCUT2D eigenvalue weighted by Crippen LogP contribution is -2.72. The van der Waals surface area contributed by atoms with Crippen molar-refractivity contribution >= 4 is 0 Å². The van der Waals surface area contributed by atoms with Crippen molar-refractivity contribution in [1.82, 2.24) is 4.90 Å². The molecule has 13 heavy (non-hydrogen) atoms. The van der Waals surface area contributed by atoms with Gasteiger partial charge in [-0.3, -0.25) is 4.90 Å². The molecular weight excluding hydrogens is 158 g/mol. The van der Waals surface area contributed by atoms with Crippen LogP contribution in [0.1, 0.15) is 53.4 Å². The van der Waals surface area contributed by atoms with Gasteiger partial charge in [-0.1, -0.05) is 20.3 Å². The molecule has 0 radical (unpaired) electrons. The van der Waals surface area contributed by atoms with Gasteiger partial charge in [0.25, 0.3) is 0 Å². The Kier molecular flexibility index (Phi) is 2.18. The van der Waals surface area contributed by atoms with Crippen molar-refractivity contribution in [3.8, 4) is 0 Å². The monoisotopic (exact) mass is 181 g/mol. The van der Waals surface area contributed by atoms with Gasteiger partial charge in [-0.05, 0) is 39.0 Å². The number of rotatable bonds is 2. The molecule has 3 aliphatic rings. The van der Waals surface area contributed by atoms with Crippen LogP contribution in [-0.2, 0) is 0 Å². The predicted molar refractivity (Wildman–Crippen MR) is 56.8 cm³/mol. The predicted octanol–water partition coefficient (Wildman–Crippen LogP) is 3.05. The lowest BCUT2D eigenvalue weighted by Gasteiger charge is -2.66. The molecule has 1 saturated carbocycles. The fourth-order valence-corrected chi connectivity index (χ4v) is 3.74. The van der Waals surface area contributed by atoms with Gasteiger partial charge < -0.3 is 0 Å². The van der Waals surface area contributed by atoms with Crippen molar-refractivity contribution < 1.29 is 0 Å². The molecule has 2 aliphatic heterocycles. The van der Waals surface area contributed by atoms with Gasteiger partial charge in [0.2, 0.25) is 0 Å². The largest absolute Gasteiger partial charge is 0.292 e. The average Bonchev–Trinajstić information content (AvgIpc) is 2.03. The highest BCUT2D eigenvalue weighted by molar-refractivity contribution is 5.11. The summed E-state index contributed by atoms with van der Waals surface area (Å²) in [4.78, 5) is 2.79. The quantitative estimate of drug-likeness (QED) is 0.633. The maximum absolute atomic E-state index is 2.79. The fraction of sp³-hybridized carbons (Fsp3) is 1.00. The highest BCUT2D eigenvalue weighted by Crippen LogP contribution is 2.52. The van der Waals surface area contributed by atoms with Crippen LogP contribution < -0.4 is 0 Å². The number of fused-ring (bicyclic) bond motifs is 2. The normalized spacial score (nSPS) is 39.7. The molecule has 0 aromatic rings. The van der Waals surface area contributed by atoms with Crippen LogP contribution in [0.3, 0.4) is 0 Å². The van der Waals surface area contributed by atoms with E-state index < -0.39 is 0 Å². The van der Waals surface area contributed by atoms with Crippen LogP contribution in [0.2, 0.25) is 0 Å². The average molecular weight is 181 g/mol. The fourth-order valence-electron chi connectivity index (χ4n) is 3.74. The SMILES string of the molecule is CC(C)N1C2CCCC1(C(C)C)C2. The zero-order valence-corrected chi connectivity index (χ0v) is 9.51. The van der Waals surface area contributed by atoms with E-state index in [0.29, 0.717) is 5.54 Å². The molecular formula is C12H23N. The second-order valence-electron chi connectivity index (χ2n) is 5.51. The molecule has 76 valence electrons. The summed E-state index contributed by atoms with van der Waals surface area (Å²) in [6.07, 6.45) is 5.83. The Morgan fingerprint density at radius 2 is 1.92 bits per heavy atom. The Hall–Kier alpha value is -0.0400. The summed E-state index contributed by atoms with van der Waals surface area (Å²) in [6, 6.07) is 1.68. The first kappa shape index (κ1) is 9.51. The molecule has 0 N–H and O–H groups in total. The third-order valence-corrected chi connectivity index (χ3v) is 4.27. The topological polar surface area (TPSA) is 3.24 Å². The minimum atomic E-state index is 0.594. The second-order valence-corrected chi connectivity index (χ2v) is 5.51. The third kappa shape index (κ3) is 1.16. The van der Waals surface area contributed by atoms with Crippen LogP contribution in [0, 0.1) is 5.92 Å². The van der Waals surface area contributed by atoms with Crippen LogP contribution in [0.15, 0.2) is 0 Å². The van der Waals surface area contributed by atoms with E-state index >= 15 is 0 Å². The van der Waals surface area contributed by atoms with Crippen molar-refractivity contribution in [3.63, 3.8) is 0 Å². The molecule has 3 fully saturated rings. The Morgan fingerprint density at radius 3 is 2.31 bits per heavy atom. The van der Waals surface area contributed by atoms with Crippen molar-refractivity contribution in [2.24, 2.45) is 5.92 Å². The van der Waals surface area contributed by atoms with Crippen LogP contribution >= 0.6 is 0 Å².